The van der Waals surface area contributed by atoms with E-state index in [1.165, 1.54) is 7.11 Å². The number of rotatable bonds is 9. The number of hydrogen-bond acceptors (Lipinski definition) is 6. The number of benzene rings is 3. The molecule has 3 N–H and O–H groups in total. The summed E-state index contributed by atoms with van der Waals surface area (Å²) in [5.74, 6) is 1.55. The van der Waals surface area contributed by atoms with Crippen LogP contribution in [0.5, 0.6) is 17.2 Å². The van der Waals surface area contributed by atoms with E-state index < -0.39 is 6.10 Å². The number of ether oxygens (including phenoxy) is 3. The highest BCUT2D eigenvalue weighted by Gasteiger charge is 2.17. The van der Waals surface area contributed by atoms with Crippen molar-refractivity contribution >= 4 is 17.3 Å². The Kier molecular flexibility index (Phi) is 7.35. The number of aliphatic hydroxyl groups is 1. The van der Waals surface area contributed by atoms with Crippen molar-refractivity contribution in [2.24, 2.45) is 0 Å². The predicted molar refractivity (Wildman–Crippen MR) is 120 cm³/mol. The van der Waals surface area contributed by atoms with E-state index in [2.05, 4.69) is 10.6 Å². The minimum atomic E-state index is -0.962. The Hall–Kier alpha value is -3.71. The lowest BCUT2D eigenvalue weighted by Gasteiger charge is -2.17. The molecule has 31 heavy (non-hydrogen) atoms. The van der Waals surface area contributed by atoms with Gasteiger partial charge in [0.1, 0.15) is 23.4 Å². The van der Waals surface area contributed by atoms with Gasteiger partial charge in [-0.2, -0.15) is 0 Å². The Morgan fingerprint density at radius 2 is 1.58 bits per heavy atom. The number of nitrogens with one attached hydrogen (secondary N) is 2. The molecule has 162 valence electrons. The van der Waals surface area contributed by atoms with Gasteiger partial charge in [-0.05, 0) is 54.6 Å². The van der Waals surface area contributed by atoms with Crippen LogP contribution < -0.4 is 24.8 Å². The van der Waals surface area contributed by atoms with E-state index in [0.29, 0.717) is 28.3 Å². The standard InChI is InChI=1S/C24H26N2O5/c1-29-17-10-8-16(9-11-17)26-21-7-5-4-6-19(21)24(28)25-15-22(27)20-14-18(30-2)12-13-23(20)31-3/h4-14,22,26-27H,15H2,1-3H3,(H,25,28). The van der Waals surface area contributed by atoms with Crippen LogP contribution in [0.2, 0.25) is 0 Å². The van der Waals surface area contributed by atoms with Crippen LogP contribution in [-0.2, 0) is 0 Å². The van der Waals surface area contributed by atoms with Crippen molar-refractivity contribution in [3.8, 4) is 17.2 Å². The van der Waals surface area contributed by atoms with Gasteiger partial charge in [-0.3, -0.25) is 4.79 Å². The minimum Gasteiger partial charge on any atom is -0.497 e. The third-order valence-electron chi connectivity index (χ3n) is 4.79. The average molecular weight is 422 g/mol. The first-order valence-electron chi connectivity index (χ1n) is 9.74. The summed E-state index contributed by atoms with van der Waals surface area (Å²) in [6.07, 6.45) is -0.962. The number of methoxy groups -OCH3 is 3. The first-order chi connectivity index (χ1) is 15.0. The van der Waals surface area contributed by atoms with Gasteiger partial charge in [0.15, 0.2) is 0 Å². The van der Waals surface area contributed by atoms with Crippen molar-refractivity contribution in [3.05, 3.63) is 77.9 Å². The molecule has 1 amide bonds. The molecule has 0 bridgehead atoms. The zero-order valence-corrected chi connectivity index (χ0v) is 17.7. The number of carbonyl (C=O) groups excluding carboxylic acids is 1. The zero-order chi connectivity index (χ0) is 22.2. The molecule has 7 heteroatoms. The summed E-state index contributed by atoms with van der Waals surface area (Å²) in [4.78, 5) is 12.8. The Morgan fingerprint density at radius 1 is 0.903 bits per heavy atom. The smallest absolute Gasteiger partial charge is 0.253 e. The fourth-order valence-corrected chi connectivity index (χ4v) is 3.11. The lowest BCUT2D eigenvalue weighted by atomic mass is 10.1. The molecule has 1 atom stereocenters. The SMILES string of the molecule is COc1ccc(Nc2ccccc2C(=O)NCC(O)c2cc(OC)ccc2OC)cc1. The monoisotopic (exact) mass is 422 g/mol. The number of carbonyl (C=O) groups is 1. The van der Waals surface area contributed by atoms with Crippen molar-refractivity contribution in [1.82, 2.24) is 5.32 Å². The van der Waals surface area contributed by atoms with Crippen molar-refractivity contribution in [3.63, 3.8) is 0 Å². The summed E-state index contributed by atoms with van der Waals surface area (Å²) < 4.78 is 15.7. The number of para-hydroxylation sites is 1. The van der Waals surface area contributed by atoms with E-state index in [9.17, 15) is 9.90 Å². The van der Waals surface area contributed by atoms with Gasteiger partial charge in [0.25, 0.3) is 5.91 Å². The molecular formula is C24H26N2O5. The Bertz CT molecular complexity index is 1020. The summed E-state index contributed by atoms with van der Waals surface area (Å²) in [6.45, 7) is 0.0131. The molecule has 0 spiro atoms. The molecule has 3 aromatic carbocycles. The molecule has 7 nitrogen and oxygen atoms in total. The maximum absolute atomic E-state index is 12.8. The van der Waals surface area contributed by atoms with Crippen LogP contribution >= 0.6 is 0 Å². The van der Waals surface area contributed by atoms with Crippen LogP contribution in [0, 0.1) is 0 Å². The van der Waals surface area contributed by atoms with Crippen LogP contribution in [0.1, 0.15) is 22.0 Å². The molecule has 0 saturated heterocycles. The highest BCUT2D eigenvalue weighted by atomic mass is 16.5. The quantitative estimate of drug-likeness (QED) is 0.484. The maximum atomic E-state index is 12.8. The van der Waals surface area contributed by atoms with E-state index in [-0.39, 0.29) is 12.5 Å². The second-order valence-electron chi connectivity index (χ2n) is 6.73. The van der Waals surface area contributed by atoms with Gasteiger partial charge in [0, 0.05) is 17.8 Å². The van der Waals surface area contributed by atoms with E-state index in [0.717, 1.165) is 11.4 Å². The average Bonchev–Trinajstić information content (AvgIpc) is 2.82. The Balaban J connectivity index is 1.71. The molecular weight excluding hydrogens is 396 g/mol. The van der Waals surface area contributed by atoms with E-state index >= 15 is 0 Å². The van der Waals surface area contributed by atoms with Crippen LogP contribution in [0.25, 0.3) is 0 Å². The van der Waals surface area contributed by atoms with Crippen molar-refractivity contribution in [2.75, 3.05) is 33.2 Å². The van der Waals surface area contributed by atoms with Crippen LogP contribution in [-0.4, -0.2) is 38.9 Å². The molecule has 0 aromatic heterocycles. The summed E-state index contributed by atoms with van der Waals surface area (Å²) in [6, 6.07) is 19.7. The van der Waals surface area contributed by atoms with Crippen LogP contribution in [0.3, 0.4) is 0 Å². The van der Waals surface area contributed by atoms with E-state index in [1.54, 1.807) is 44.6 Å². The summed E-state index contributed by atoms with van der Waals surface area (Å²) in [5.41, 5.74) is 2.47. The molecule has 0 heterocycles. The fraction of sp³-hybridized carbons (Fsp3) is 0.208. The topological polar surface area (TPSA) is 89.1 Å². The molecule has 0 aliphatic rings. The molecule has 3 rings (SSSR count). The lowest BCUT2D eigenvalue weighted by Crippen LogP contribution is -2.29. The second-order valence-corrected chi connectivity index (χ2v) is 6.73. The molecule has 0 aliphatic heterocycles. The second kappa shape index (κ2) is 10.4. The molecule has 0 saturated carbocycles. The van der Waals surface area contributed by atoms with Gasteiger partial charge in [0.2, 0.25) is 0 Å². The molecule has 3 aromatic rings. The molecule has 1 unspecified atom stereocenters. The minimum absolute atomic E-state index is 0.0131. The fourth-order valence-electron chi connectivity index (χ4n) is 3.11. The lowest BCUT2D eigenvalue weighted by molar-refractivity contribution is 0.0915. The Morgan fingerprint density at radius 3 is 2.26 bits per heavy atom. The van der Waals surface area contributed by atoms with Gasteiger partial charge < -0.3 is 30.0 Å². The van der Waals surface area contributed by atoms with Crippen molar-refractivity contribution in [1.29, 1.82) is 0 Å². The van der Waals surface area contributed by atoms with E-state index in [1.807, 2.05) is 36.4 Å². The van der Waals surface area contributed by atoms with Crippen LogP contribution in [0.4, 0.5) is 11.4 Å². The predicted octanol–water partition coefficient (Wildman–Crippen LogP) is 3.92. The van der Waals surface area contributed by atoms with E-state index in [4.69, 9.17) is 14.2 Å². The normalized spacial score (nSPS) is 11.4. The van der Waals surface area contributed by atoms with Gasteiger partial charge >= 0.3 is 0 Å². The highest BCUT2D eigenvalue weighted by Crippen LogP contribution is 2.29. The maximum Gasteiger partial charge on any atom is 0.253 e. The number of anilines is 2. The van der Waals surface area contributed by atoms with Gasteiger partial charge in [0.05, 0.1) is 32.6 Å². The first kappa shape index (κ1) is 22.0. The van der Waals surface area contributed by atoms with Crippen molar-refractivity contribution in [2.45, 2.75) is 6.10 Å². The van der Waals surface area contributed by atoms with Gasteiger partial charge in [-0.15, -0.1) is 0 Å². The van der Waals surface area contributed by atoms with Crippen LogP contribution in [0.15, 0.2) is 66.7 Å². The number of amides is 1. The Labute approximate surface area is 181 Å². The summed E-state index contributed by atoms with van der Waals surface area (Å²) in [5, 5.41) is 16.7. The van der Waals surface area contributed by atoms with Gasteiger partial charge in [-0.1, -0.05) is 12.1 Å². The third-order valence-corrected chi connectivity index (χ3v) is 4.79. The summed E-state index contributed by atoms with van der Waals surface area (Å²) in [7, 11) is 4.68. The summed E-state index contributed by atoms with van der Waals surface area (Å²) >= 11 is 0. The highest BCUT2D eigenvalue weighted by molar-refractivity contribution is 6.00. The first-order valence-corrected chi connectivity index (χ1v) is 9.74. The molecule has 0 fully saturated rings. The zero-order valence-electron chi connectivity index (χ0n) is 17.7. The third kappa shape index (κ3) is 5.46. The van der Waals surface area contributed by atoms with Crippen molar-refractivity contribution < 1.29 is 24.1 Å². The largest absolute Gasteiger partial charge is 0.497 e. The number of hydrogen-bond donors (Lipinski definition) is 3. The number of aliphatic hydroxyl groups excluding tert-OH is 1. The van der Waals surface area contributed by atoms with Gasteiger partial charge in [-0.25, -0.2) is 0 Å². The molecule has 0 radical (unpaired) electrons. The molecule has 0 aliphatic carbocycles.